The Morgan fingerprint density at radius 3 is 2.33 bits per heavy atom. The van der Waals surface area contributed by atoms with Gasteiger partial charge >= 0.3 is 0 Å². The highest BCUT2D eigenvalue weighted by Gasteiger charge is 2.06. The standard InChI is InChI=1S/C16H23N5/c1-2-3-10-18-15-14(17)16(21-12-20-15)19-11-9-13-7-5-4-6-8-13/h4-8,12H,2-3,9-11,17H2,1H3,(H2,18,19,20,21). The van der Waals surface area contributed by atoms with Crippen LogP contribution >= 0.6 is 0 Å². The van der Waals surface area contributed by atoms with Gasteiger partial charge in [0, 0.05) is 13.1 Å². The second kappa shape index (κ2) is 8.09. The molecule has 5 nitrogen and oxygen atoms in total. The number of hydrogen-bond donors (Lipinski definition) is 3. The predicted molar refractivity (Wildman–Crippen MR) is 88.5 cm³/mol. The van der Waals surface area contributed by atoms with Gasteiger partial charge in [0.1, 0.15) is 12.0 Å². The van der Waals surface area contributed by atoms with Crippen molar-refractivity contribution in [1.82, 2.24) is 9.97 Å². The largest absolute Gasteiger partial charge is 0.393 e. The lowest BCUT2D eigenvalue weighted by Crippen LogP contribution is -2.12. The number of nitrogens with two attached hydrogens (primary N) is 1. The summed E-state index contributed by atoms with van der Waals surface area (Å²) in [7, 11) is 0. The lowest BCUT2D eigenvalue weighted by molar-refractivity contribution is 0.830. The van der Waals surface area contributed by atoms with E-state index >= 15 is 0 Å². The summed E-state index contributed by atoms with van der Waals surface area (Å²) in [5.74, 6) is 1.40. The molecular weight excluding hydrogens is 262 g/mol. The highest BCUT2D eigenvalue weighted by molar-refractivity contribution is 5.73. The fourth-order valence-electron chi connectivity index (χ4n) is 2.03. The molecule has 1 heterocycles. The van der Waals surface area contributed by atoms with E-state index in [2.05, 4.69) is 39.7 Å². The first-order chi connectivity index (χ1) is 10.3. The Balaban J connectivity index is 1.89. The zero-order valence-electron chi connectivity index (χ0n) is 12.5. The minimum absolute atomic E-state index is 0.585. The number of nitrogens with one attached hydrogen (secondary N) is 2. The Bertz CT molecular complexity index is 542. The minimum atomic E-state index is 0.585. The van der Waals surface area contributed by atoms with Crippen LogP contribution in [-0.2, 0) is 6.42 Å². The van der Waals surface area contributed by atoms with Crippen molar-refractivity contribution in [2.75, 3.05) is 29.5 Å². The van der Waals surface area contributed by atoms with E-state index in [1.807, 2.05) is 18.2 Å². The van der Waals surface area contributed by atoms with Crippen molar-refractivity contribution in [1.29, 1.82) is 0 Å². The summed E-state index contributed by atoms with van der Waals surface area (Å²) in [6, 6.07) is 10.3. The second-order valence-corrected chi connectivity index (χ2v) is 4.93. The molecular formula is C16H23N5. The number of unbranched alkanes of at least 4 members (excludes halogenated alkanes) is 1. The van der Waals surface area contributed by atoms with Gasteiger partial charge in [-0.05, 0) is 18.4 Å². The molecule has 0 aliphatic rings. The number of nitrogen functional groups attached to an aromatic ring is 1. The van der Waals surface area contributed by atoms with Gasteiger partial charge in [0.25, 0.3) is 0 Å². The summed E-state index contributed by atoms with van der Waals surface area (Å²) in [6.45, 7) is 3.82. The lowest BCUT2D eigenvalue weighted by Gasteiger charge is -2.12. The van der Waals surface area contributed by atoms with Gasteiger partial charge in [0.2, 0.25) is 0 Å². The van der Waals surface area contributed by atoms with Gasteiger partial charge in [0.05, 0.1) is 0 Å². The van der Waals surface area contributed by atoms with Crippen molar-refractivity contribution in [3.05, 3.63) is 42.2 Å². The normalized spacial score (nSPS) is 10.3. The van der Waals surface area contributed by atoms with Crippen LogP contribution in [0.5, 0.6) is 0 Å². The van der Waals surface area contributed by atoms with Crippen molar-refractivity contribution >= 4 is 17.3 Å². The first-order valence-electron chi connectivity index (χ1n) is 7.43. The number of rotatable bonds is 8. The van der Waals surface area contributed by atoms with Crippen molar-refractivity contribution in [2.45, 2.75) is 26.2 Å². The van der Waals surface area contributed by atoms with E-state index in [9.17, 15) is 0 Å². The maximum atomic E-state index is 6.10. The summed E-state index contributed by atoms with van der Waals surface area (Å²) in [4.78, 5) is 8.40. The van der Waals surface area contributed by atoms with Crippen molar-refractivity contribution in [2.24, 2.45) is 0 Å². The average Bonchev–Trinajstić information content (AvgIpc) is 2.52. The molecule has 0 unspecified atom stereocenters. The molecule has 4 N–H and O–H groups in total. The molecule has 21 heavy (non-hydrogen) atoms. The van der Waals surface area contributed by atoms with Crippen LogP contribution in [0.3, 0.4) is 0 Å². The van der Waals surface area contributed by atoms with Crippen LogP contribution in [0, 0.1) is 0 Å². The number of anilines is 3. The van der Waals surface area contributed by atoms with Crippen LogP contribution in [0.2, 0.25) is 0 Å². The molecule has 0 radical (unpaired) electrons. The van der Waals surface area contributed by atoms with Crippen LogP contribution in [0.1, 0.15) is 25.3 Å². The molecule has 0 saturated heterocycles. The topological polar surface area (TPSA) is 75.9 Å². The number of aromatic nitrogens is 2. The quantitative estimate of drug-likeness (QED) is 0.650. The number of benzene rings is 1. The molecule has 5 heteroatoms. The van der Waals surface area contributed by atoms with Crippen LogP contribution in [0.15, 0.2) is 36.7 Å². The van der Waals surface area contributed by atoms with Crippen LogP contribution in [-0.4, -0.2) is 23.1 Å². The fourth-order valence-corrected chi connectivity index (χ4v) is 2.03. The molecule has 0 saturated carbocycles. The van der Waals surface area contributed by atoms with Gasteiger partial charge < -0.3 is 16.4 Å². The zero-order chi connectivity index (χ0) is 14.9. The SMILES string of the molecule is CCCCNc1ncnc(NCCc2ccccc2)c1N. The molecule has 0 aliphatic carbocycles. The van der Waals surface area contributed by atoms with Gasteiger partial charge in [-0.3, -0.25) is 0 Å². The summed E-state index contributed by atoms with van der Waals surface area (Å²) >= 11 is 0. The van der Waals surface area contributed by atoms with E-state index in [4.69, 9.17) is 5.73 Å². The third-order valence-corrected chi connectivity index (χ3v) is 3.26. The maximum absolute atomic E-state index is 6.10. The van der Waals surface area contributed by atoms with E-state index in [0.29, 0.717) is 17.3 Å². The fraction of sp³-hybridized carbons (Fsp3) is 0.375. The molecule has 2 rings (SSSR count). The molecule has 0 amide bonds. The molecule has 0 spiro atoms. The van der Waals surface area contributed by atoms with Crippen molar-refractivity contribution < 1.29 is 0 Å². The molecule has 0 fully saturated rings. The Labute approximate surface area is 126 Å². The number of hydrogen-bond acceptors (Lipinski definition) is 5. The Hall–Kier alpha value is -2.30. The van der Waals surface area contributed by atoms with Gasteiger partial charge in [-0.15, -0.1) is 0 Å². The van der Waals surface area contributed by atoms with Gasteiger partial charge in [-0.25, -0.2) is 9.97 Å². The molecule has 0 aliphatic heterocycles. The van der Waals surface area contributed by atoms with E-state index in [1.54, 1.807) is 0 Å². The van der Waals surface area contributed by atoms with E-state index in [1.165, 1.54) is 11.9 Å². The third kappa shape index (κ3) is 4.63. The van der Waals surface area contributed by atoms with Crippen LogP contribution < -0.4 is 16.4 Å². The van der Waals surface area contributed by atoms with Crippen molar-refractivity contribution in [3.63, 3.8) is 0 Å². The summed E-state index contributed by atoms with van der Waals surface area (Å²) < 4.78 is 0. The molecule has 0 atom stereocenters. The number of nitrogens with zero attached hydrogens (tertiary/aromatic N) is 2. The summed E-state index contributed by atoms with van der Waals surface area (Å²) in [5, 5.41) is 6.52. The van der Waals surface area contributed by atoms with Gasteiger partial charge in [0.15, 0.2) is 11.6 Å². The molecule has 1 aromatic heterocycles. The Morgan fingerprint density at radius 1 is 1.00 bits per heavy atom. The molecule has 112 valence electrons. The maximum Gasteiger partial charge on any atom is 0.154 e. The monoisotopic (exact) mass is 285 g/mol. The predicted octanol–water partition coefficient (Wildman–Crippen LogP) is 2.93. The highest BCUT2D eigenvalue weighted by atomic mass is 15.1. The van der Waals surface area contributed by atoms with E-state index in [-0.39, 0.29) is 0 Å². The second-order valence-electron chi connectivity index (χ2n) is 4.93. The van der Waals surface area contributed by atoms with Crippen LogP contribution in [0.4, 0.5) is 17.3 Å². The first-order valence-corrected chi connectivity index (χ1v) is 7.43. The average molecular weight is 285 g/mol. The van der Waals surface area contributed by atoms with Gasteiger partial charge in [-0.2, -0.15) is 0 Å². The summed E-state index contributed by atoms with van der Waals surface area (Å²) in [5.41, 5.74) is 7.97. The molecule has 1 aromatic carbocycles. The van der Waals surface area contributed by atoms with Crippen LogP contribution in [0.25, 0.3) is 0 Å². The molecule has 0 bridgehead atoms. The third-order valence-electron chi connectivity index (χ3n) is 3.26. The first kappa shape index (κ1) is 15.1. The van der Waals surface area contributed by atoms with E-state index < -0.39 is 0 Å². The Morgan fingerprint density at radius 2 is 1.67 bits per heavy atom. The zero-order valence-corrected chi connectivity index (χ0v) is 12.5. The lowest BCUT2D eigenvalue weighted by atomic mass is 10.1. The van der Waals surface area contributed by atoms with Crippen molar-refractivity contribution in [3.8, 4) is 0 Å². The smallest absolute Gasteiger partial charge is 0.154 e. The van der Waals surface area contributed by atoms with Gasteiger partial charge in [-0.1, -0.05) is 43.7 Å². The summed E-state index contributed by atoms with van der Waals surface area (Å²) in [6.07, 6.45) is 4.71. The highest BCUT2D eigenvalue weighted by Crippen LogP contribution is 2.22. The Kier molecular flexibility index (Phi) is 5.82. The molecule has 2 aromatic rings. The van der Waals surface area contributed by atoms with E-state index in [0.717, 1.165) is 32.4 Å². The minimum Gasteiger partial charge on any atom is -0.393 e.